The van der Waals surface area contributed by atoms with Gasteiger partial charge in [-0.2, -0.15) is 0 Å². The van der Waals surface area contributed by atoms with Crippen molar-refractivity contribution in [2.75, 3.05) is 40.9 Å². The van der Waals surface area contributed by atoms with Crippen LogP contribution in [0.4, 0.5) is 0 Å². The van der Waals surface area contributed by atoms with E-state index in [1.807, 2.05) is 27.2 Å². The van der Waals surface area contributed by atoms with E-state index in [2.05, 4.69) is 141 Å². The molecule has 3 atom stereocenters. The Bertz CT molecular complexity index is 1760. The zero-order valence-electron chi connectivity index (χ0n) is 52.2. The number of aliphatic hydroxyl groups is 1. The van der Waals surface area contributed by atoms with E-state index in [4.69, 9.17) is 9.05 Å². The largest absolute Gasteiger partial charge is 0.756 e. The van der Waals surface area contributed by atoms with Gasteiger partial charge in [-0.05, 0) is 96.3 Å². The minimum atomic E-state index is -4.62. The number of carbonyl (C=O) groups excluding carboxylic acids is 1. The van der Waals surface area contributed by atoms with Crippen molar-refractivity contribution in [2.45, 2.75) is 270 Å². The van der Waals surface area contributed by atoms with Crippen LogP contribution >= 0.6 is 7.82 Å². The molecule has 0 aliphatic heterocycles. The van der Waals surface area contributed by atoms with Crippen LogP contribution in [-0.4, -0.2) is 68.5 Å². The normalized spacial score (nSPS) is 14.6. The van der Waals surface area contributed by atoms with Crippen molar-refractivity contribution in [3.8, 4) is 0 Å². The molecule has 0 aromatic rings. The predicted molar refractivity (Wildman–Crippen MR) is 348 cm³/mol. The average molecular weight is 1130 g/mol. The topological polar surface area (TPSA) is 108 Å². The van der Waals surface area contributed by atoms with Crippen LogP contribution < -0.4 is 10.2 Å². The molecule has 0 saturated heterocycles. The summed E-state index contributed by atoms with van der Waals surface area (Å²) >= 11 is 0. The first-order valence-corrected chi connectivity index (χ1v) is 34.0. The highest BCUT2D eigenvalue weighted by Crippen LogP contribution is 2.38. The maximum absolute atomic E-state index is 13.0. The number of rotatable bonds is 58. The molecule has 0 heterocycles. The van der Waals surface area contributed by atoms with Crippen LogP contribution in [0.25, 0.3) is 0 Å². The molecule has 80 heavy (non-hydrogen) atoms. The van der Waals surface area contributed by atoms with Crippen molar-refractivity contribution in [3.63, 3.8) is 0 Å². The van der Waals surface area contributed by atoms with Gasteiger partial charge in [0, 0.05) is 6.42 Å². The fourth-order valence-electron chi connectivity index (χ4n) is 8.83. The van der Waals surface area contributed by atoms with Crippen molar-refractivity contribution in [1.82, 2.24) is 5.32 Å². The first-order chi connectivity index (χ1) is 39.0. The lowest BCUT2D eigenvalue weighted by atomic mass is 10.0. The number of quaternary nitrogens is 1. The lowest BCUT2D eigenvalue weighted by molar-refractivity contribution is -0.870. The fraction of sp³-hybridized carbons (Fsp3) is 0.676. The van der Waals surface area contributed by atoms with Gasteiger partial charge < -0.3 is 28.8 Å². The van der Waals surface area contributed by atoms with Crippen LogP contribution in [-0.2, 0) is 18.4 Å². The number of hydrogen-bond acceptors (Lipinski definition) is 6. The van der Waals surface area contributed by atoms with E-state index >= 15 is 0 Å². The number of carbonyl (C=O) groups is 1. The third kappa shape index (κ3) is 62.2. The number of allylic oxidation sites excluding steroid dienone is 21. The number of nitrogens with zero attached hydrogens (tertiary/aromatic N) is 1. The average Bonchev–Trinajstić information content (AvgIpc) is 3.42. The van der Waals surface area contributed by atoms with E-state index in [1.54, 1.807) is 6.08 Å². The molecule has 0 spiro atoms. The molecular weight excluding hydrogens is 1010 g/mol. The Morgan fingerprint density at radius 1 is 0.450 bits per heavy atom. The Balaban J connectivity index is 4.26. The van der Waals surface area contributed by atoms with E-state index in [-0.39, 0.29) is 12.5 Å². The van der Waals surface area contributed by atoms with Gasteiger partial charge in [0.15, 0.2) is 0 Å². The molecular formula is C71H123N2O6P. The van der Waals surface area contributed by atoms with Crippen LogP contribution in [0, 0.1) is 0 Å². The Morgan fingerprint density at radius 3 is 1.11 bits per heavy atom. The number of unbranched alkanes of at least 4 members (excludes halogenated alkanes) is 25. The molecule has 0 aromatic heterocycles. The summed E-state index contributed by atoms with van der Waals surface area (Å²) in [6, 6.07) is -0.912. The number of nitrogens with one attached hydrogen (secondary N) is 1. The molecule has 458 valence electrons. The second-order valence-electron chi connectivity index (χ2n) is 22.7. The minimum absolute atomic E-state index is 0.0132. The summed E-state index contributed by atoms with van der Waals surface area (Å²) in [6.07, 6.45) is 91.1. The molecule has 0 bridgehead atoms. The molecule has 3 unspecified atom stereocenters. The quantitative estimate of drug-likeness (QED) is 0.0272. The molecule has 8 nitrogen and oxygen atoms in total. The van der Waals surface area contributed by atoms with Gasteiger partial charge in [0.1, 0.15) is 13.2 Å². The smallest absolute Gasteiger partial charge is 0.268 e. The number of phosphoric ester groups is 1. The Kier molecular flexibility index (Phi) is 57.7. The molecule has 9 heteroatoms. The van der Waals surface area contributed by atoms with Gasteiger partial charge >= 0.3 is 0 Å². The first kappa shape index (κ1) is 76.6. The fourth-order valence-corrected chi connectivity index (χ4v) is 9.55. The van der Waals surface area contributed by atoms with E-state index in [0.29, 0.717) is 17.4 Å². The minimum Gasteiger partial charge on any atom is -0.756 e. The zero-order valence-corrected chi connectivity index (χ0v) is 53.1. The van der Waals surface area contributed by atoms with Crippen molar-refractivity contribution >= 4 is 13.7 Å². The highest BCUT2D eigenvalue weighted by atomic mass is 31.2. The van der Waals surface area contributed by atoms with Crippen molar-refractivity contribution < 1.29 is 32.9 Å². The maximum Gasteiger partial charge on any atom is 0.268 e. The Morgan fingerprint density at radius 2 is 0.762 bits per heavy atom. The van der Waals surface area contributed by atoms with Crippen molar-refractivity contribution in [3.05, 3.63) is 134 Å². The van der Waals surface area contributed by atoms with Gasteiger partial charge in [0.2, 0.25) is 5.91 Å². The van der Waals surface area contributed by atoms with Crippen LogP contribution in [0.5, 0.6) is 0 Å². The summed E-state index contributed by atoms with van der Waals surface area (Å²) < 4.78 is 23.4. The summed E-state index contributed by atoms with van der Waals surface area (Å²) in [5, 5.41) is 13.9. The standard InChI is InChI=1S/C71H123N2O6P/c1-6-8-10-12-14-16-18-20-22-24-26-28-30-31-32-33-34-35-36-37-38-39-40-41-43-45-47-49-51-53-55-57-59-61-63-65-71(75)72-69(68-79-80(76,77)78-67-66-73(3,4)5)70(74)64-62-60-58-56-54-52-50-48-46-44-42-29-27-25-23-21-19-17-15-13-11-9-7-2/h8,10,14,16,20,22,26,28,31-32,34-35,37-38,40-41,45,47,51,53,62,64,69-70,74H,6-7,9,11-13,15,17-19,21,23-25,27,29-30,33,36,39,42-44,46,48-50,52,54-61,63,65-68H2,1-5H3,(H-,72,75,76,77)/b10-8-,16-14-,22-20-,28-26-,32-31-,35-34-,38-37-,41-40-,47-45-,53-51-,64-62+. The van der Waals surface area contributed by atoms with Crippen LogP contribution in [0.2, 0.25) is 0 Å². The van der Waals surface area contributed by atoms with Gasteiger partial charge in [-0.1, -0.05) is 289 Å². The second-order valence-corrected chi connectivity index (χ2v) is 24.1. The lowest BCUT2D eigenvalue weighted by Crippen LogP contribution is -2.45. The van der Waals surface area contributed by atoms with E-state index in [0.717, 1.165) is 116 Å². The van der Waals surface area contributed by atoms with E-state index in [9.17, 15) is 19.4 Å². The molecule has 2 N–H and O–H groups in total. The van der Waals surface area contributed by atoms with Crippen molar-refractivity contribution in [1.29, 1.82) is 0 Å². The maximum atomic E-state index is 13.0. The third-order valence-corrected chi connectivity index (χ3v) is 14.8. The molecule has 0 fully saturated rings. The van der Waals surface area contributed by atoms with Crippen LogP contribution in [0.1, 0.15) is 258 Å². The highest BCUT2D eigenvalue weighted by molar-refractivity contribution is 7.45. The predicted octanol–water partition coefficient (Wildman–Crippen LogP) is 20.0. The van der Waals surface area contributed by atoms with Gasteiger partial charge in [0.25, 0.3) is 7.82 Å². The Hall–Kier alpha value is -3.36. The van der Waals surface area contributed by atoms with Gasteiger partial charge in [0.05, 0.1) is 39.9 Å². The molecule has 0 saturated carbocycles. The van der Waals surface area contributed by atoms with Crippen LogP contribution in [0.15, 0.2) is 134 Å². The molecule has 0 rings (SSSR count). The number of phosphoric acid groups is 1. The SMILES string of the molecule is CC/C=C\C/C=C\C/C=C\C/C=C\C/C=C\C/C=C\C/C=C\C/C=C\C/C=C\C/C=C\CCCCCCC(=O)NC(COP(=O)([O-])OCC[N+](C)(C)C)C(O)/C=C/CCCCCCCCCCCCCCCCCCCCCCC. The van der Waals surface area contributed by atoms with Crippen LogP contribution in [0.3, 0.4) is 0 Å². The number of aliphatic hydroxyl groups excluding tert-OH is 1. The summed E-state index contributed by atoms with van der Waals surface area (Å²) in [5.41, 5.74) is 0. The second kappa shape index (κ2) is 60.2. The van der Waals surface area contributed by atoms with Gasteiger partial charge in [-0.25, -0.2) is 0 Å². The van der Waals surface area contributed by atoms with E-state index in [1.165, 1.54) is 122 Å². The summed E-state index contributed by atoms with van der Waals surface area (Å²) in [6.45, 7) is 4.52. The molecule has 1 amide bonds. The molecule has 0 aliphatic carbocycles. The number of likely N-dealkylation sites (N-methyl/N-ethyl adjacent to an activating group) is 1. The molecule has 0 aliphatic rings. The zero-order chi connectivity index (χ0) is 58.4. The molecule has 0 aromatic carbocycles. The number of amides is 1. The summed E-state index contributed by atoms with van der Waals surface area (Å²) in [5.74, 6) is -0.225. The first-order valence-electron chi connectivity index (χ1n) is 32.5. The van der Waals surface area contributed by atoms with Gasteiger partial charge in [-0.15, -0.1) is 0 Å². The van der Waals surface area contributed by atoms with Crippen molar-refractivity contribution in [2.24, 2.45) is 0 Å². The van der Waals surface area contributed by atoms with Gasteiger partial charge in [-0.3, -0.25) is 9.36 Å². The lowest BCUT2D eigenvalue weighted by Gasteiger charge is -2.29. The highest BCUT2D eigenvalue weighted by Gasteiger charge is 2.23. The third-order valence-electron chi connectivity index (χ3n) is 13.9. The molecule has 0 radical (unpaired) electrons. The number of hydrogen-bond donors (Lipinski definition) is 2. The summed E-state index contributed by atoms with van der Waals surface area (Å²) in [4.78, 5) is 25.6. The Labute approximate surface area is 494 Å². The monoisotopic (exact) mass is 1130 g/mol. The van der Waals surface area contributed by atoms with E-state index < -0.39 is 26.6 Å². The summed E-state index contributed by atoms with van der Waals surface area (Å²) in [7, 11) is 1.23.